The fraction of sp³-hybridized carbons (Fsp3) is 0.0323. The SMILES string of the molecule is C1=Cc2cc3cc(CC4=Cc5cc6[nH]c(cc7nc(cc8[nH]c(cc4n5)cc8CC4=Cc5cc8ccc(cc9nc(cc%10ccc(cc4n5)[nH]%10)C=C9)[nH]8)C=C7Cc4cc5cc7nc(cc8ccc(cc9nc(cc4[nH]5)C=C9)[nH]8)C=C7)cc6CC4=Cc5cc6ccc(cc7nc(cc8ccc(cc4n5)[nH]8)C=C7)[nH]6)c(cc4nc(cc5ccc(cc1n2)[nH]5)C=C4)[nH]3.C1=Cc2cc3ccc(cc4ccc(cc5nc(cc1n2)C=C5)[nH]4)[nH]3. The van der Waals surface area contributed by atoms with Gasteiger partial charge in [-0.15, -0.1) is 0 Å². The van der Waals surface area contributed by atoms with E-state index in [4.69, 9.17) is 49.8 Å². The number of aromatic nitrogens is 24. The Morgan fingerprint density at radius 3 is 0.486 bits per heavy atom. The van der Waals surface area contributed by atoms with Crippen LogP contribution in [0.3, 0.4) is 0 Å². The van der Waals surface area contributed by atoms with Gasteiger partial charge in [0.15, 0.2) is 0 Å². The Labute approximate surface area is 841 Å². The van der Waals surface area contributed by atoms with Gasteiger partial charge in [0.1, 0.15) is 0 Å². The molecule has 0 amide bonds. The van der Waals surface area contributed by atoms with Gasteiger partial charge in [-0.25, -0.2) is 59.8 Å². The molecular formula is C124H84N24. The van der Waals surface area contributed by atoms with Crippen LogP contribution in [0.4, 0.5) is 0 Å². The predicted molar refractivity (Wildman–Crippen MR) is 604 cm³/mol. The van der Waals surface area contributed by atoms with E-state index in [0.717, 1.165) is 314 Å². The molecule has 0 aliphatic carbocycles. The van der Waals surface area contributed by atoms with Crippen LogP contribution in [-0.4, -0.2) is 120 Å². The van der Waals surface area contributed by atoms with Gasteiger partial charge in [0.2, 0.25) is 0 Å². The lowest BCUT2D eigenvalue weighted by Crippen LogP contribution is -1.88. The summed E-state index contributed by atoms with van der Waals surface area (Å²) in [6.45, 7) is 0. The van der Waals surface area contributed by atoms with Crippen molar-refractivity contribution >= 4 is 276 Å². The van der Waals surface area contributed by atoms with Crippen LogP contribution in [-0.2, 0) is 25.7 Å². The summed E-state index contributed by atoms with van der Waals surface area (Å²) in [5.74, 6) is 0. The van der Waals surface area contributed by atoms with E-state index in [0.29, 0.717) is 25.7 Å². The minimum Gasteiger partial charge on any atom is -0.355 e. The average molecular weight is 1910 g/mol. The Balaban J connectivity index is 0.000000375. The predicted octanol–water partition coefficient (Wildman–Crippen LogP) is 27.6. The molecule has 0 radical (unpaired) electrons. The maximum absolute atomic E-state index is 5.71. The first-order valence-electron chi connectivity index (χ1n) is 49.2. The second kappa shape index (κ2) is 34.8. The number of hydrogen-bond donors (Lipinski definition) is 12. The fourth-order valence-corrected chi connectivity index (χ4v) is 20.7. The monoisotopic (exact) mass is 1910 g/mol. The van der Waals surface area contributed by atoms with Crippen LogP contribution in [0.15, 0.2) is 267 Å². The Morgan fingerprint density at radius 1 is 0.122 bits per heavy atom. The first kappa shape index (κ1) is 84.5. The Morgan fingerprint density at radius 2 is 0.270 bits per heavy atom. The van der Waals surface area contributed by atoms with Gasteiger partial charge in [-0.3, -0.25) is 0 Å². The largest absolute Gasteiger partial charge is 0.355 e. The van der Waals surface area contributed by atoms with Gasteiger partial charge in [-0.2, -0.15) is 0 Å². The average Bonchev–Trinajstić information content (AvgIpc) is 1.64. The summed E-state index contributed by atoms with van der Waals surface area (Å²) in [6, 6.07) is 92.8. The van der Waals surface area contributed by atoms with Gasteiger partial charge >= 0.3 is 0 Å². The summed E-state index contributed by atoms with van der Waals surface area (Å²) in [5, 5.41) is 0. The van der Waals surface area contributed by atoms with Crippen molar-refractivity contribution in [3.63, 3.8) is 0 Å². The van der Waals surface area contributed by atoms with Crippen molar-refractivity contribution in [1.82, 2.24) is 120 Å². The number of allylic oxidation sites excluding steroid dienone is 4. The molecule has 0 spiro atoms. The Hall–Kier alpha value is -20.4. The Bertz CT molecular complexity index is 9840. The minimum absolute atomic E-state index is 0.509. The number of H-pyrrole nitrogens is 12. The number of rotatable bonds is 8. The zero-order valence-electron chi connectivity index (χ0n) is 79.1. The highest BCUT2D eigenvalue weighted by Crippen LogP contribution is 2.39. The van der Waals surface area contributed by atoms with Crippen LogP contribution < -0.4 is 0 Å². The highest BCUT2D eigenvalue weighted by atomic mass is 14.9. The summed E-state index contributed by atoms with van der Waals surface area (Å²) >= 11 is 0. The second-order valence-corrected chi connectivity index (χ2v) is 38.5. The van der Waals surface area contributed by atoms with Crippen LogP contribution in [0.2, 0.25) is 0 Å². The van der Waals surface area contributed by atoms with E-state index in [1.54, 1.807) is 0 Å². The zero-order chi connectivity index (χ0) is 97.4. The highest BCUT2D eigenvalue weighted by molar-refractivity contribution is 5.96. The first-order chi connectivity index (χ1) is 72.7. The molecule has 12 N–H and O–H groups in total. The summed E-state index contributed by atoms with van der Waals surface area (Å²) < 4.78 is 0. The van der Waals surface area contributed by atoms with E-state index in [9.17, 15) is 0 Å². The molecule has 0 atom stereocenters. The van der Waals surface area contributed by atoms with Crippen LogP contribution >= 0.6 is 0 Å². The molecule has 0 aromatic carbocycles. The van der Waals surface area contributed by atoms with Crippen LogP contribution in [0.5, 0.6) is 0 Å². The number of hydrogen-bond acceptors (Lipinski definition) is 12. The van der Waals surface area contributed by atoms with E-state index < -0.39 is 0 Å². The fourth-order valence-electron chi connectivity index (χ4n) is 20.7. The van der Waals surface area contributed by atoms with E-state index in [2.05, 4.69) is 391 Å². The molecule has 0 unspecified atom stereocenters. The molecule has 700 valence electrons. The molecule has 24 heteroatoms. The molecule has 0 fully saturated rings. The number of nitrogens with one attached hydrogen (secondary N) is 12. The lowest BCUT2D eigenvalue weighted by atomic mass is 10.0. The van der Waals surface area contributed by atoms with Crippen LogP contribution in [0, 0.1) is 0 Å². The molecule has 30 heterocycles. The van der Waals surface area contributed by atoms with Crippen LogP contribution in [0.1, 0.15) is 159 Å². The molecule has 0 saturated carbocycles. The molecule has 30 rings (SSSR count). The maximum atomic E-state index is 5.71. The standard InChI is InChI=1S/C104H70N20.C20H14N4/c1-5-69-41-77-17-21-85(113-77)49-97-57(29-89(117-97)45-81-13-9-73(109-81)37-65(1)105-69)25-61-33-93-54-102-63(27-59-31-91-47-83-15-11-75(111-83)39-67-3-7-71(107-67)43-79-19-23-87(115-79)51-99(59)119-91)35-95(123-102)56-104-64(28-60-32-92-48-84-16-12-76(112-84)40-68-4-8-72(108-68)44-80-20-24-88(116-80)52-100(60)120-92)36-96(124-104)55-103-62(34-94(122-103)53-101(61)121-93)26-58-30-90-46-82-14-10-74(110-82)38-66-2-6-70(106-66)42-78-18-22-86(114-78)50-98(58)118-90;1-2-14-10-16-5-6-18(23-16)12-20-8-7-19(24-20)11-17-4-3-15(22-17)9-13(1)21-14/h1-24,29-56,105,108,110-111,114-115,117,120,122-123H,25-28H2;1-12,21-22H. The highest BCUT2D eigenvalue weighted by Gasteiger charge is 2.24. The van der Waals surface area contributed by atoms with Crippen molar-refractivity contribution in [2.45, 2.75) is 25.7 Å². The second-order valence-electron chi connectivity index (χ2n) is 38.5. The molecule has 0 saturated heterocycles. The van der Waals surface area contributed by atoms with E-state index in [1.165, 1.54) is 0 Å². The molecule has 48 bridgehead atoms. The van der Waals surface area contributed by atoms with Gasteiger partial charge in [0.25, 0.3) is 0 Å². The molecule has 12 aliphatic heterocycles. The van der Waals surface area contributed by atoms with Gasteiger partial charge in [0, 0.05) is 158 Å². The molecule has 24 nitrogen and oxygen atoms in total. The van der Waals surface area contributed by atoms with E-state index in [1.807, 2.05) is 66.8 Å². The van der Waals surface area contributed by atoms with Crippen molar-refractivity contribution in [3.8, 4) is 0 Å². The van der Waals surface area contributed by atoms with Gasteiger partial charge in [0.05, 0.1) is 137 Å². The van der Waals surface area contributed by atoms with Crippen LogP contribution in [0.25, 0.3) is 276 Å². The molecular weight excluding hydrogens is 1830 g/mol. The van der Waals surface area contributed by atoms with Crippen molar-refractivity contribution in [2.24, 2.45) is 0 Å². The molecule has 12 aliphatic rings. The molecule has 18 aromatic heterocycles. The maximum Gasteiger partial charge on any atom is 0.0693 e. The van der Waals surface area contributed by atoms with Gasteiger partial charge < -0.3 is 59.8 Å². The minimum atomic E-state index is 0.509. The summed E-state index contributed by atoms with van der Waals surface area (Å²) in [5.41, 5.74) is 51.4. The first-order valence-corrected chi connectivity index (χ1v) is 49.2. The quantitative estimate of drug-likeness (QED) is 0.0676. The third kappa shape index (κ3) is 17.7. The summed E-state index contributed by atoms with van der Waals surface area (Å²) in [7, 11) is 0. The summed E-state index contributed by atoms with van der Waals surface area (Å²) in [4.78, 5) is 106. The third-order valence-electron chi connectivity index (χ3n) is 27.5. The smallest absolute Gasteiger partial charge is 0.0693 e. The summed E-state index contributed by atoms with van der Waals surface area (Å²) in [6.07, 6.45) is 43.7. The van der Waals surface area contributed by atoms with Crippen molar-refractivity contribution in [1.29, 1.82) is 0 Å². The lowest BCUT2D eigenvalue weighted by Gasteiger charge is -2.01. The molecule has 148 heavy (non-hydrogen) atoms. The molecule has 18 aromatic rings. The number of aromatic amines is 12. The third-order valence-corrected chi connectivity index (χ3v) is 27.5. The Kier molecular flexibility index (Phi) is 19.9. The van der Waals surface area contributed by atoms with Crippen molar-refractivity contribution < 1.29 is 0 Å². The van der Waals surface area contributed by atoms with E-state index >= 15 is 0 Å². The number of fused-ring (bicyclic) bond motifs is 48. The van der Waals surface area contributed by atoms with E-state index in [-0.39, 0.29) is 0 Å². The van der Waals surface area contributed by atoms with Gasteiger partial charge in [-0.1, -0.05) is 0 Å². The van der Waals surface area contributed by atoms with Gasteiger partial charge in [-0.05, 0) is 433 Å². The topological polar surface area (TPSA) is 344 Å². The zero-order valence-corrected chi connectivity index (χ0v) is 79.1. The normalized spacial score (nSPS) is 13.5. The van der Waals surface area contributed by atoms with Crippen molar-refractivity contribution in [2.75, 3.05) is 0 Å². The number of nitrogens with zero attached hydrogens (tertiary/aromatic N) is 12. The van der Waals surface area contributed by atoms with Crippen molar-refractivity contribution in [3.05, 3.63) is 426 Å². The lowest BCUT2D eigenvalue weighted by molar-refractivity contribution is 1.25.